The Balaban J connectivity index is 1.47. The fourth-order valence-corrected chi connectivity index (χ4v) is 4.58. The number of benzene rings is 1. The lowest BCUT2D eigenvalue weighted by Gasteiger charge is -2.35. The Morgan fingerprint density at radius 2 is 1.69 bits per heavy atom. The van der Waals surface area contributed by atoms with E-state index in [1.54, 1.807) is 0 Å². The fraction of sp³-hybridized carbons (Fsp3) is 0.464. The van der Waals surface area contributed by atoms with Crippen LogP contribution in [0.15, 0.2) is 54.7 Å². The molecule has 1 aromatic carbocycles. The number of unbranched alkanes of at least 4 members (excludes halogenated alkanes) is 1. The van der Waals surface area contributed by atoms with Gasteiger partial charge in [0.15, 0.2) is 0 Å². The predicted octanol–water partition coefficient (Wildman–Crippen LogP) is 5.69. The lowest BCUT2D eigenvalue weighted by atomic mass is 9.91. The highest BCUT2D eigenvalue weighted by Crippen LogP contribution is 2.28. The quantitative estimate of drug-likeness (QED) is 0.406. The van der Waals surface area contributed by atoms with Crippen LogP contribution in [0.3, 0.4) is 0 Å². The standard InChI is InChI=1S/C28H39N7/c1-5-7-10-22(6-2)23-12-14-24(15-13-23)30-25-21-27(33(3)4)32-28(31-25)35-19-17-34(18-20-35)26-11-8-9-16-29-26/h8-9,11-16,21-22H,5-7,10,17-20H2,1-4H3,(H,30,31,32). The molecule has 1 aliphatic rings. The minimum atomic E-state index is 0.639. The highest BCUT2D eigenvalue weighted by Gasteiger charge is 2.21. The van der Waals surface area contributed by atoms with Gasteiger partial charge in [0.05, 0.1) is 0 Å². The van der Waals surface area contributed by atoms with Gasteiger partial charge in [0.25, 0.3) is 0 Å². The summed E-state index contributed by atoms with van der Waals surface area (Å²) in [6.45, 7) is 8.06. The van der Waals surface area contributed by atoms with Crippen LogP contribution in [-0.4, -0.2) is 55.2 Å². The van der Waals surface area contributed by atoms with Crippen molar-refractivity contribution in [2.75, 3.05) is 60.3 Å². The van der Waals surface area contributed by atoms with Gasteiger partial charge in [0, 0.05) is 58.2 Å². The van der Waals surface area contributed by atoms with Crippen molar-refractivity contribution < 1.29 is 0 Å². The van der Waals surface area contributed by atoms with E-state index in [-0.39, 0.29) is 0 Å². The Kier molecular flexibility index (Phi) is 8.40. The largest absolute Gasteiger partial charge is 0.363 e. The van der Waals surface area contributed by atoms with Gasteiger partial charge in [-0.25, -0.2) is 4.98 Å². The third-order valence-corrected chi connectivity index (χ3v) is 6.75. The summed E-state index contributed by atoms with van der Waals surface area (Å²) >= 11 is 0. The zero-order valence-electron chi connectivity index (χ0n) is 21.6. The average molecular weight is 474 g/mol. The van der Waals surface area contributed by atoms with Crippen molar-refractivity contribution in [1.82, 2.24) is 15.0 Å². The number of pyridine rings is 1. The number of aromatic nitrogens is 3. The van der Waals surface area contributed by atoms with Crippen molar-refractivity contribution >= 4 is 29.1 Å². The molecule has 0 saturated carbocycles. The van der Waals surface area contributed by atoms with E-state index in [1.807, 2.05) is 43.4 Å². The van der Waals surface area contributed by atoms with E-state index in [4.69, 9.17) is 9.97 Å². The molecule has 3 heterocycles. The lowest BCUT2D eigenvalue weighted by molar-refractivity contribution is 0.570. The Hall–Kier alpha value is -3.35. The summed E-state index contributed by atoms with van der Waals surface area (Å²) in [5.74, 6) is 4.14. The normalized spacial score (nSPS) is 14.6. The molecule has 0 bridgehead atoms. The summed E-state index contributed by atoms with van der Waals surface area (Å²) in [6, 6.07) is 16.9. The van der Waals surface area contributed by atoms with Crippen LogP contribution in [0.2, 0.25) is 0 Å². The second kappa shape index (κ2) is 11.9. The van der Waals surface area contributed by atoms with E-state index in [0.717, 1.165) is 55.3 Å². The first kappa shape index (κ1) is 24.8. The van der Waals surface area contributed by atoms with Crippen LogP contribution in [0.1, 0.15) is 51.0 Å². The van der Waals surface area contributed by atoms with Gasteiger partial charge in [-0.05, 0) is 48.6 Å². The van der Waals surface area contributed by atoms with Gasteiger partial charge in [0.1, 0.15) is 17.5 Å². The molecule has 1 saturated heterocycles. The van der Waals surface area contributed by atoms with Gasteiger partial charge in [-0.1, -0.05) is 44.9 Å². The highest BCUT2D eigenvalue weighted by molar-refractivity contribution is 5.62. The summed E-state index contributed by atoms with van der Waals surface area (Å²) in [6.07, 6.45) is 6.82. The lowest BCUT2D eigenvalue weighted by Crippen LogP contribution is -2.47. The minimum Gasteiger partial charge on any atom is -0.363 e. The first-order chi connectivity index (χ1) is 17.1. The molecule has 2 aromatic heterocycles. The Morgan fingerprint density at radius 1 is 0.943 bits per heavy atom. The van der Waals surface area contributed by atoms with E-state index in [0.29, 0.717) is 5.92 Å². The SMILES string of the molecule is CCCCC(CC)c1ccc(Nc2cc(N(C)C)nc(N3CCN(c4ccccn4)CC3)n2)cc1. The topological polar surface area (TPSA) is 60.4 Å². The van der Waals surface area contributed by atoms with Gasteiger partial charge in [0.2, 0.25) is 5.95 Å². The summed E-state index contributed by atoms with van der Waals surface area (Å²) < 4.78 is 0. The molecule has 0 spiro atoms. The molecule has 1 aliphatic heterocycles. The summed E-state index contributed by atoms with van der Waals surface area (Å²) in [5, 5.41) is 3.52. The fourth-order valence-electron chi connectivity index (χ4n) is 4.58. The molecule has 35 heavy (non-hydrogen) atoms. The molecule has 4 rings (SSSR count). The van der Waals surface area contributed by atoms with Crippen molar-refractivity contribution in [3.63, 3.8) is 0 Å². The van der Waals surface area contributed by atoms with Crippen LogP contribution in [0.5, 0.6) is 0 Å². The number of hydrogen-bond acceptors (Lipinski definition) is 7. The van der Waals surface area contributed by atoms with E-state index in [1.165, 1.54) is 31.2 Å². The Morgan fingerprint density at radius 3 is 2.31 bits per heavy atom. The van der Waals surface area contributed by atoms with Gasteiger partial charge >= 0.3 is 0 Å². The van der Waals surface area contributed by atoms with E-state index in [2.05, 4.69) is 64.3 Å². The van der Waals surface area contributed by atoms with E-state index < -0.39 is 0 Å². The van der Waals surface area contributed by atoms with E-state index in [9.17, 15) is 0 Å². The number of anilines is 5. The van der Waals surface area contributed by atoms with Crippen LogP contribution < -0.4 is 20.0 Å². The van der Waals surface area contributed by atoms with Crippen LogP contribution in [-0.2, 0) is 0 Å². The highest BCUT2D eigenvalue weighted by atomic mass is 15.3. The molecular weight excluding hydrogens is 434 g/mol. The first-order valence-corrected chi connectivity index (χ1v) is 12.9. The van der Waals surface area contributed by atoms with Crippen LogP contribution in [0.4, 0.5) is 29.1 Å². The smallest absolute Gasteiger partial charge is 0.229 e. The molecule has 186 valence electrons. The first-order valence-electron chi connectivity index (χ1n) is 12.9. The van der Waals surface area contributed by atoms with E-state index >= 15 is 0 Å². The van der Waals surface area contributed by atoms with Crippen molar-refractivity contribution in [3.8, 4) is 0 Å². The van der Waals surface area contributed by atoms with Gasteiger partial charge in [-0.15, -0.1) is 0 Å². The van der Waals surface area contributed by atoms with Crippen LogP contribution in [0.25, 0.3) is 0 Å². The average Bonchev–Trinajstić information content (AvgIpc) is 2.90. The molecule has 0 aliphatic carbocycles. The third kappa shape index (κ3) is 6.41. The second-order valence-corrected chi connectivity index (χ2v) is 9.46. The molecule has 1 unspecified atom stereocenters. The second-order valence-electron chi connectivity index (χ2n) is 9.46. The summed E-state index contributed by atoms with van der Waals surface area (Å²) in [5.41, 5.74) is 2.48. The number of hydrogen-bond donors (Lipinski definition) is 1. The summed E-state index contributed by atoms with van der Waals surface area (Å²) in [4.78, 5) is 20.8. The van der Waals surface area contributed by atoms with Gasteiger partial charge in [-0.2, -0.15) is 9.97 Å². The molecule has 3 aromatic rings. The van der Waals surface area contributed by atoms with Crippen molar-refractivity contribution in [2.24, 2.45) is 0 Å². The van der Waals surface area contributed by atoms with Crippen molar-refractivity contribution in [1.29, 1.82) is 0 Å². The summed E-state index contributed by atoms with van der Waals surface area (Å²) in [7, 11) is 4.04. The van der Waals surface area contributed by atoms with Crippen molar-refractivity contribution in [3.05, 3.63) is 60.3 Å². The number of piperazine rings is 1. The Labute approximate surface area is 210 Å². The van der Waals surface area contributed by atoms with Gasteiger partial charge < -0.3 is 20.0 Å². The van der Waals surface area contributed by atoms with Crippen LogP contribution in [0, 0.1) is 0 Å². The molecule has 7 nitrogen and oxygen atoms in total. The molecule has 1 atom stereocenters. The number of rotatable bonds is 10. The maximum absolute atomic E-state index is 4.89. The maximum atomic E-state index is 4.89. The molecule has 1 N–H and O–H groups in total. The Bertz CT molecular complexity index is 1040. The molecule has 7 heteroatoms. The zero-order valence-corrected chi connectivity index (χ0v) is 21.6. The molecule has 1 fully saturated rings. The van der Waals surface area contributed by atoms with Crippen molar-refractivity contribution in [2.45, 2.75) is 45.4 Å². The predicted molar refractivity (Wildman–Crippen MR) is 147 cm³/mol. The van der Waals surface area contributed by atoms with Crippen LogP contribution >= 0.6 is 0 Å². The minimum absolute atomic E-state index is 0.639. The van der Waals surface area contributed by atoms with Gasteiger partial charge in [-0.3, -0.25) is 0 Å². The molecular formula is C28H39N7. The molecule has 0 amide bonds. The number of nitrogens with one attached hydrogen (secondary N) is 1. The zero-order chi connectivity index (χ0) is 24.6. The monoisotopic (exact) mass is 473 g/mol. The molecule has 0 radical (unpaired) electrons. The third-order valence-electron chi connectivity index (χ3n) is 6.75. The maximum Gasteiger partial charge on any atom is 0.229 e. The number of nitrogens with zero attached hydrogens (tertiary/aromatic N) is 6.